The molecule has 0 aliphatic carbocycles. The van der Waals surface area contributed by atoms with Crippen LogP contribution in [0.1, 0.15) is 52.6 Å². The number of hydrogen-bond acceptors (Lipinski definition) is 4. The molecular weight excluding hydrogens is 396 g/mol. The van der Waals surface area contributed by atoms with E-state index < -0.39 is 34.6 Å². The van der Waals surface area contributed by atoms with Gasteiger partial charge in [0.15, 0.2) is 11.4 Å². The number of pyridine rings is 1. The van der Waals surface area contributed by atoms with Crippen LogP contribution in [0.4, 0.5) is 8.78 Å². The second-order valence-electron chi connectivity index (χ2n) is 7.18. The quantitative estimate of drug-likeness (QED) is 0.675. The van der Waals surface area contributed by atoms with Gasteiger partial charge in [-0.2, -0.15) is 0 Å². The van der Waals surface area contributed by atoms with Crippen molar-refractivity contribution >= 4 is 11.8 Å². The highest BCUT2D eigenvalue weighted by Gasteiger charge is 2.30. The lowest BCUT2D eigenvalue weighted by atomic mass is 10.1. The molecule has 2 heterocycles. The molecule has 2 aromatic rings. The van der Waals surface area contributed by atoms with Crippen LogP contribution in [0, 0.1) is 11.6 Å². The van der Waals surface area contributed by atoms with Gasteiger partial charge in [0.05, 0.1) is 0 Å². The number of halogens is 2. The van der Waals surface area contributed by atoms with Gasteiger partial charge >= 0.3 is 0 Å². The van der Waals surface area contributed by atoms with Crippen LogP contribution in [-0.4, -0.2) is 39.5 Å². The van der Waals surface area contributed by atoms with E-state index >= 15 is 0 Å². The summed E-state index contributed by atoms with van der Waals surface area (Å²) in [5, 5.41) is 12.7. The second-order valence-corrected chi connectivity index (χ2v) is 7.18. The zero-order valence-electron chi connectivity index (χ0n) is 16.6. The molecule has 1 aromatic carbocycles. The molecule has 1 aromatic heterocycles. The zero-order valence-corrected chi connectivity index (χ0v) is 16.6. The number of nitrogens with one attached hydrogen (secondary N) is 1. The molecule has 0 radical (unpaired) electrons. The van der Waals surface area contributed by atoms with E-state index in [1.54, 1.807) is 4.90 Å². The summed E-state index contributed by atoms with van der Waals surface area (Å²) in [6.07, 6.45) is 4.03. The first-order valence-corrected chi connectivity index (χ1v) is 9.81. The van der Waals surface area contributed by atoms with E-state index in [9.17, 15) is 28.3 Å². The standard InChI is InChI=1S/C21H23F2N3O4/c1-2-3-4-7-25-8-9-26-12-15(18(27)19(28)17(26)21(25)30)20(29)24-11-13-5-6-14(22)10-16(13)23/h5-6,10,12,28H,2-4,7-9,11H2,1H3,(H,24,29). The zero-order chi connectivity index (χ0) is 21.8. The summed E-state index contributed by atoms with van der Waals surface area (Å²) >= 11 is 0. The number of aromatic nitrogens is 1. The Balaban J connectivity index is 1.79. The van der Waals surface area contributed by atoms with Crippen LogP contribution in [0.15, 0.2) is 29.2 Å². The van der Waals surface area contributed by atoms with E-state index in [0.717, 1.165) is 25.3 Å². The van der Waals surface area contributed by atoms with Crippen LogP contribution < -0.4 is 10.7 Å². The fourth-order valence-corrected chi connectivity index (χ4v) is 3.39. The van der Waals surface area contributed by atoms with E-state index in [0.29, 0.717) is 25.7 Å². The third-order valence-electron chi connectivity index (χ3n) is 5.09. The first kappa shape index (κ1) is 21.5. The Kier molecular flexibility index (Phi) is 6.49. The maximum absolute atomic E-state index is 13.7. The first-order chi connectivity index (χ1) is 14.3. The van der Waals surface area contributed by atoms with Gasteiger partial charge in [0.2, 0.25) is 5.43 Å². The average Bonchev–Trinajstić information content (AvgIpc) is 2.71. The van der Waals surface area contributed by atoms with Crippen LogP contribution >= 0.6 is 0 Å². The molecule has 160 valence electrons. The van der Waals surface area contributed by atoms with Crippen molar-refractivity contribution < 1.29 is 23.5 Å². The molecule has 1 aliphatic rings. The second kappa shape index (κ2) is 9.06. The molecule has 0 saturated carbocycles. The Morgan fingerprint density at radius 3 is 2.67 bits per heavy atom. The van der Waals surface area contributed by atoms with E-state index in [1.807, 2.05) is 0 Å². The number of benzene rings is 1. The number of carbonyl (C=O) groups is 2. The molecule has 2 amide bonds. The van der Waals surface area contributed by atoms with E-state index in [1.165, 1.54) is 16.8 Å². The Labute approximate surface area is 171 Å². The Bertz CT molecular complexity index is 1040. The van der Waals surface area contributed by atoms with Gasteiger partial charge < -0.3 is 19.9 Å². The van der Waals surface area contributed by atoms with Crippen molar-refractivity contribution in [2.75, 3.05) is 13.1 Å². The predicted octanol–water partition coefficient (Wildman–Crippen LogP) is 2.41. The molecule has 0 unspecified atom stereocenters. The number of carbonyl (C=O) groups excluding carboxylic acids is 2. The number of aromatic hydroxyl groups is 1. The van der Waals surface area contributed by atoms with Gasteiger partial charge in [-0.1, -0.05) is 25.8 Å². The highest BCUT2D eigenvalue weighted by atomic mass is 19.1. The van der Waals surface area contributed by atoms with E-state index in [2.05, 4.69) is 12.2 Å². The number of fused-ring (bicyclic) bond motifs is 1. The van der Waals surface area contributed by atoms with Gasteiger partial charge in [0.25, 0.3) is 11.8 Å². The van der Waals surface area contributed by atoms with Gasteiger partial charge in [0, 0.05) is 44.0 Å². The minimum atomic E-state index is -0.970. The molecule has 0 spiro atoms. The molecule has 0 fully saturated rings. The highest BCUT2D eigenvalue weighted by molar-refractivity contribution is 5.99. The summed E-state index contributed by atoms with van der Waals surface area (Å²) < 4.78 is 28.1. The third-order valence-corrected chi connectivity index (χ3v) is 5.09. The minimum Gasteiger partial charge on any atom is -0.503 e. The monoisotopic (exact) mass is 419 g/mol. The smallest absolute Gasteiger partial charge is 0.274 e. The first-order valence-electron chi connectivity index (χ1n) is 9.81. The Morgan fingerprint density at radius 2 is 1.97 bits per heavy atom. The van der Waals surface area contributed by atoms with Crippen molar-refractivity contribution in [3.8, 4) is 5.75 Å². The number of hydrogen-bond donors (Lipinski definition) is 2. The maximum atomic E-state index is 13.7. The molecular formula is C21H23F2N3O4. The summed E-state index contributed by atoms with van der Waals surface area (Å²) in [5.41, 5.74) is -1.41. The number of amides is 2. The summed E-state index contributed by atoms with van der Waals surface area (Å²) in [7, 11) is 0. The van der Waals surface area contributed by atoms with Crippen LogP contribution in [0.2, 0.25) is 0 Å². The lowest BCUT2D eigenvalue weighted by molar-refractivity contribution is 0.0692. The molecule has 30 heavy (non-hydrogen) atoms. The lowest BCUT2D eigenvalue weighted by Gasteiger charge is -2.30. The Morgan fingerprint density at radius 1 is 1.20 bits per heavy atom. The van der Waals surface area contributed by atoms with E-state index in [4.69, 9.17) is 0 Å². The van der Waals surface area contributed by atoms with Crippen molar-refractivity contribution in [3.63, 3.8) is 0 Å². The van der Waals surface area contributed by atoms with Crippen molar-refractivity contribution in [1.29, 1.82) is 0 Å². The average molecular weight is 419 g/mol. The topological polar surface area (TPSA) is 91.6 Å². The molecule has 3 rings (SSSR count). The third kappa shape index (κ3) is 4.34. The maximum Gasteiger partial charge on any atom is 0.274 e. The van der Waals surface area contributed by atoms with Crippen LogP contribution in [0.3, 0.4) is 0 Å². The normalized spacial score (nSPS) is 13.3. The highest BCUT2D eigenvalue weighted by Crippen LogP contribution is 2.21. The van der Waals surface area contributed by atoms with Crippen molar-refractivity contribution in [3.05, 3.63) is 63.1 Å². The minimum absolute atomic E-state index is 0.0462. The molecule has 0 bridgehead atoms. The van der Waals surface area contributed by atoms with Crippen molar-refractivity contribution in [2.45, 2.75) is 39.3 Å². The number of rotatable bonds is 7. The largest absolute Gasteiger partial charge is 0.503 e. The predicted molar refractivity (Wildman–Crippen MR) is 105 cm³/mol. The van der Waals surface area contributed by atoms with E-state index in [-0.39, 0.29) is 23.4 Å². The summed E-state index contributed by atoms with van der Waals surface area (Å²) in [5.74, 6) is -3.62. The van der Waals surface area contributed by atoms with Gasteiger partial charge in [-0.05, 0) is 12.5 Å². The van der Waals surface area contributed by atoms with Crippen LogP contribution in [0.25, 0.3) is 0 Å². The van der Waals surface area contributed by atoms with Crippen molar-refractivity contribution in [2.24, 2.45) is 0 Å². The van der Waals surface area contributed by atoms with Gasteiger partial charge in [-0.25, -0.2) is 8.78 Å². The SMILES string of the molecule is CCCCCN1CCn2cc(C(=O)NCc3ccc(F)cc3F)c(=O)c(O)c2C1=O. The number of unbranched alkanes of at least 4 members (excludes halogenated alkanes) is 2. The van der Waals surface area contributed by atoms with Crippen LogP contribution in [-0.2, 0) is 13.1 Å². The Hall–Kier alpha value is -3.23. The van der Waals surface area contributed by atoms with Gasteiger partial charge in [-0.15, -0.1) is 0 Å². The molecule has 0 saturated heterocycles. The van der Waals surface area contributed by atoms with Gasteiger partial charge in [-0.3, -0.25) is 14.4 Å². The number of nitrogens with zero attached hydrogens (tertiary/aromatic N) is 2. The fraction of sp³-hybridized carbons (Fsp3) is 0.381. The summed E-state index contributed by atoms with van der Waals surface area (Å²) in [4.78, 5) is 39.2. The summed E-state index contributed by atoms with van der Waals surface area (Å²) in [6.45, 7) is 3.05. The van der Waals surface area contributed by atoms with Crippen LogP contribution in [0.5, 0.6) is 5.75 Å². The fourth-order valence-electron chi connectivity index (χ4n) is 3.39. The van der Waals surface area contributed by atoms with Crippen molar-refractivity contribution in [1.82, 2.24) is 14.8 Å². The molecule has 2 N–H and O–H groups in total. The van der Waals surface area contributed by atoms with Gasteiger partial charge in [0.1, 0.15) is 17.2 Å². The molecule has 0 atom stereocenters. The lowest BCUT2D eigenvalue weighted by Crippen LogP contribution is -2.43. The molecule has 9 heteroatoms. The summed E-state index contributed by atoms with van der Waals surface area (Å²) in [6, 6.07) is 2.94. The molecule has 1 aliphatic heterocycles. The molecule has 7 nitrogen and oxygen atoms in total.